The van der Waals surface area contributed by atoms with Gasteiger partial charge in [0.2, 0.25) is 5.78 Å². The van der Waals surface area contributed by atoms with Crippen molar-refractivity contribution in [1.29, 1.82) is 0 Å². The van der Waals surface area contributed by atoms with E-state index in [0.29, 0.717) is 17.4 Å². The van der Waals surface area contributed by atoms with E-state index >= 15 is 0 Å². The van der Waals surface area contributed by atoms with E-state index in [2.05, 4.69) is 31.3 Å². The maximum Gasteiger partial charge on any atom is 0.339 e. The number of carbonyl (C=O) groups excluding carboxylic acids is 2. The number of nitrogen functional groups attached to an aromatic ring is 2. The molecule has 0 saturated carbocycles. The van der Waals surface area contributed by atoms with E-state index in [-0.39, 0.29) is 11.4 Å². The van der Waals surface area contributed by atoms with E-state index in [0.717, 1.165) is 18.2 Å². The van der Waals surface area contributed by atoms with Crippen molar-refractivity contribution in [3.05, 3.63) is 100 Å². The van der Waals surface area contributed by atoms with Crippen LogP contribution in [0.3, 0.4) is 0 Å². The summed E-state index contributed by atoms with van der Waals surface area (Å²) >= 11 is 0. The molecule has 20 heteroatoms. The fourth-order valence-corrected chi connectivity index (χ4v) is 5.96. The molecule has 49 heavy (non-hydrogen) atoms. The molecule has 0 saturated heterocycles. The van der Waals surface area contributed by atoms with Crippen molar-refractivity contribution in [2.75, 3.05) is 16.9 Å². The monoisotopic (exact) mass is 706 g/mol. The molecular weight excluding hydrogens is 684 g/mol. The molecule has 0 radical (unpaired) electrons. The Morgan fingerprint density at radius 3 is 2.10 bits per heavy atom. The van der Waals surface area contributed by atoms with Gasteiger partial charge in [0.15, 0.2) is 16.4 Å². The summed E-state index contributed by atoms with van der Waals surface area (Å²) in [6.07, 6.45) is 2.70. The maximum atomic E-state index is 14.0. The molecular formula is C29H22N8O10S2. The normalized spacial score (nSPS) is 16.7. The molecule has 5 rings (SSSR count). The lowest BCUT2D eigenvalue weighted by Gasteiger charge is -2.25. The molecule has 0 fully saturated rings. The number of para-hydroxylation sites is 1. The number of ketones is 2. The standard InChI is InChI=1S/C29H22N8O10S2/c30-14-6-8-16(9-7-14)33-36-25-21(48(42,43)44)13-19-22(23(25)31)27(39)26(37-34-17-10-11-20(38)18(12-17)29(40)41)28(49(45,46)47)24(19)35-32-15-4-2-1-3-5-15/h1-13,32,35H,30-31H2,(H,40,41)(H,42,43,44)(H,45,46,47)/b34-17-,36-33?,37-26+. The van der Waals surface area contributed by atoms with Crippen molar-refractivity contribution in [3.63, 3.8) is 0 Å². The predicted octanol–water partition coefficient (Wildman–Crippen LogP) is 2.83. The Hall–Kier alpha value is -6.35. The van der Waals surface area contributed by atoms with Gasteiger partial charge >= 0.3 is 5.97 Å². The minimum atomic E-state index is -5.44. The van der Waals surface area contributed by atoms with Crippen LogP contribution in [-0.2, 0) is 29.8 Å². The summed E-state index contributed by atoms with van der Waals surface area (Å²) in [5.41, 5.74) is 12.7. The Bertz CT molecular complexity index is 2350. The molecule has 3 aromatic rings. The number of allylic oxidation sites excluding steroid dienone is 4. The van der Waals surface area contributed by atoms with Crippen LogP contribution in [-0.4, -0.2) is 60.0 Å². The molecule has 3 aromatic carbocycles. The van der Waals surface area contributed by atoms with E-state index in [1.54, 1.807) is 18.2 Å². The molecule has 9 N–H and O–H groups in total. The number of nitrogens with zero attached hydrogens (tertiary/aromatic N) is 4. The number of nitrogens with one attached hydrogen (secondary N) is 2. The third kappa shape index (κ3) is 7.16. The second kappa shape index (κ2) is 13.0. The van der Waals surface area contributed by atoms with Crippen molar-refractivity contribution in [3.8, 4) is 0 Å². The summed E-state index contributed by atoms with van der Waals surface area (Å²) in [4.78, 5) is 35.2. The molecule has 2 aliphatic carbocycles. The smallest absolute Gasteiger partial charge is 0.339 e. The summed E-state index contributed by atoms with van der Waals surface area (Å²) in [6.45, 7) is 0. The third-order valence-electron chi connectivity index (χ3n) is 6.72. The number of benzene rings is 3. The van der Waals surface area contributed by atoms with Crippen molar-refractivity contribution < 1.29 is 45.4 Å². The van der Waals surface area contributed by atoms with Crippen molar-refractivity contribution in [1.82, 2.24) is 5.43 Å². The number of nitrogens with two attached hydrogens (primary N) is 2. The summed E-state index contributed by atoms with van der Waals surface area (Å²) in [5.74, 6) is -3.79. The van der Waals surface area contributed by atoms with E-state index in [4.69, 9.17) is 11.5 Å². The van der Waals surface area contributed by atoms with Gasteiger partial charge in [0.25, 0.3) is 20.2 Å². The Kier molecular flexibility index (Phi) is 9.05. The number of aliphatic carboxylic acids is 1. The second-order valence-electron chi connectivity index (χ2n) is 9.98. The fourth-order valence-electron chi connectivity index (χ4n) is 4.50. The lowest BCUT2D eigenvalue weighted by molar-refractivity contribution is -0.134. The Labute approximate surface area is 276 Å². The summed E-state index contributed by atoms with van der Waals surface area (Å²) < 4.78 is 71.5. The molecule has 18 nitrogen and oxygen atoms in total. The van der Waals surface area contributed by atoms with Crippen LogP contribution in [0.5, 0.6) is 0 Å². The number of hydrogen-bond acceptors (Lipinski definition) is 15. The van der Waals surface area contributed by atoms with Gasteiger partial charge in [-0.2, -0.15) is 27.1 Å². The average Bonchev–Trinajstić information content (AvgIpc) is 3.03. The zero-order valence-corrected chi connectivity index (χ0v) is 26.1. The summed E-state index contributed by atoms with van der Waals surface area (Å²) in [5, 5.41) is 24.5. The predicted molar refractivity (Wildman–Crippen MR) is 176 cm³/mol. The number of Topliss-reactive ketones (excluding diaryl/α,β-unsaturated/α-hetero) is 1. The number of fused-ring (bicyclic) bond motifs is 1. The van der Waals surface area contributed by atoms with E-state index in [1.165, 1.54) is 36.4 Å². The highest BCUT2D eigenvalue weighted by atomic mass is 32.2. The first kappa shape index (κ1) is 34.0. The second-order valence-corrected chi connectivity index (χ2v) is 12.7. The average molecular weight is 707 g/mol. The quantitative estimate of drug-likeness (QED) is 0.0420. The molecule has 0 amide bonds. The maximum absolute atomic E-state index is 14.0. The molecule has 0 unspecified atom stereocenters. The van der Waals surface area contributed by atoms with Crippen LogP contribution < -0.4 is 22.3 Å². The molecule has 0 aromatic heterocycles. The van der Waals surface area contributed by atoms with Gasteiger partial charge < -0.3 is 22.0 Å². The topological polar surface area (TPSA) is 306 Å². The minimum absolute atomic E-state index is 0.160. The SMILES string of the molecule is Nc1ccc(N=Nc2c(S(=O)(=O)O)cc3c(c2N)C(=O)/C(=N\N=C2\C=CC(=O)C(C(=O)O)=C2)C(S(=O)(=O)O)=C3NNc2ccccc2)cc1. The first-order valence-electron chi connectivity index (χ1n) is 13.4. The number of anilines is 3. The highest BCUT2D eigenvalue weighted by molar-refractivity contribution is 7.91. The largest absolute Gasteiger partial charge is 0.478 e. The molecule has 0 heterocycles. The first-order valence-corrected chi connectivity index (χ1v) is 16.3. The van der Waals surface area contributed by atoms with Crippen molar-refractivity contribution in [2.45, 2.75) is 4.90 Å². The Balaban J connectivity index is 1.81. The van der Waals surface area contributed by atoms with Crippen LogP contribution in [0, 0.1) is 0 Å². The fraction of sp³-hybridized carbons (Fsp3) is 0. The highest BCUT2D eigenvalue weighted by Gasteiger charge is 2.41. The van der Waals surface area contributed by atoms with Crippen molar-refractivity contribution >= 4 is 83.3 Å². The molecule has 2 aliphatic rings. The van der Waals surface area contributed by atoms with Crippen molar-refractivity contribution in [2.24, 2.45) is 20.4 Å². The van der Waals surface area contributed by atoms with Gasteiger partial charge in [-0.3, -0.25) is 24.1 Å². The lowest BCUT2D eigenvalue weighted by Crippen LogP contribution is -2.35. The number of azo groups is 1. The van der Waals surface area contributed by atoms with Gasteiger partial charge in [-0.15, -0.1) is 10.2 Å². The Morgan fingerprint density at radius 2 is 1.49 bits per heavy atom. The molecule has 250 valence electrons. The van der Waals surface area contributed by atoms with Crippen LogP contribution in [0.25, 0.3) is 5.70 Å². The summed E-state index contributed by atoms with van der Waals surface area (Å²) in [7, 11) is -10.6. The molecule has 0 spiro atoms. The van der Waals surface area contributed by atoms with Gasteiger partial charge in [0, 0.05) is 11.3 Å². The number of hydrogen-bond donors (Lipinski definition) is 7. The minimum Gasteiger partial charge on any atom is -0.478 e. The van der Waals surface area contributed by atoms with E-state index < -0.39 is 87.1 Å². The zero-order chi connectivity index (χ0) is 35.7. The molecule has 0 bridgehead atoms. The van der Waals surface area contributed by atoms with Crippen LogP contribution in [0.15, 0.2) is 115 Å². The lowest BCUT2D eigenvalue weighted by atomic mass is 9.90. The van der Waals surface area contributed by atoms with Gasteiger partial charge in [-0.05, 0) is 60.7 Å². The highest BCUT2D eigenvalue weighted by Crippen LogP contribution is 2.43. The van der Waals surface area contributed by atoms with Gasteiger partial charge in [-0.1, -0.05) is 18.2 Å². The number of rotatable bonds is 9. The van der Waals surface area contributed by atoms with Crippen LogP contribution in [0.4, 0.5) is 28.4 Å². The van der Waals surface area contributed by atoms with Gasteiger partial charge in [0.1, 0.15) is 16.2 Å². The number of carboxylic acids is 1. The van der Waals surface area contributed by atoms with Gasteiger partial charge in [0.05, 0.1) is 34.0 Å². The number of hydrazine groups is 1. The van der Waals surface area contributed by atoms with Gasteiger partial charge in [-0.25, -0.2) is 4.79 Å². The summed E-state index contributed by atoms with van der Waals surface area (Å²) in [6, 6.07) is 14.4. The van der Waals surface area contributed by atoms with E-state index in [1.807, 2.05) is 0 Å². The van der Waals surface area contributed by atoms with Crippen LogP contribution in [0.2, 0.25) is 0 Å². The van der Waals surface area contributed by atoms with Crippen LogP contribution >= 0.6 is 0 Å². The van der Waals surface area contributed by atoms with Crippen LogP contribution in [0.1, 0.15) is 15.9 Å². The number of carbonyl (C=O) groups is 3. The molecule has 0 aliphatic heterocycles. The zero-order valence-electron chi connectivity index (χ0n) is 24.5. The number of carboxylic acid groups (broad SMARTS) is 1. The van der Waals surface area contributed by atoms with E-state index in [9.17, 15) is 45.4 Å². The first-order chi connectivity index (χ1) is 23.1. The third-order valence-corrected chi connectivity index (χ3v) is 8.50. The Morgan fingerprint density at radius 1 is 0.816 bits per heavy atom. The molecule has 0 atom stereocenters.